The van der Waals surface area contributed by atoms with Crippen LogP contribution in [0.1, 0.15) is 0 Å². The summed E-state index contributed by atoms with van der Waals surface area (Å²) < 4.78 is 70.5. The normalized spacial score (nSPS) is 12.5. The van der Waals surface area contributed by atoms with E-state index in [1.165, 1.54) is 13.2 Å². The van der Waals surface area contributed by atoms with Crippen molar-refractivity contribution in [1.29, 1.82) is 0 Å². The number of nitrogen functional groups attached to an aromatic ring is 1. The molecule has 3 aromatic carbocycles. The lowest BCUT2D eigenvalue weighted by Crippen LogP contribution is -2.02. The van der Waals surface area contributed by atoms with Gasteiger partial charge in [-0.1, -0.05) is 12.1 Å². The molecule has 0 unspecified atom stereocenters. The zero-order chi connectivity index (χ0) is 22.3. The highest BCUT2D eigenvalue weighted by Gasteiger charge is 2.24. The number of nitrogens with zero attached hydrogens (tertiary/aromatic N) is 2. The van der Waals surface area contributed by atoms with Crippen LogP contribution in [0.2, 0.25) is 0 Å². The maximum absolute atomic E-state index is 11.9. The highest BCUT2D eigenvalue weighted by atomic mass is 32.2. The van der Waals surface area contributed by atoms with Gasteiger partial charge in [0.25, 0.3) is 20.2 Å². The first-order chi connectivity index (χ1) is 13.9. The molecular formula is C17H15N3O8S2. The van der Waals surface area contributed by atoms with Crippen LogP contribution in [-0.2, 0) is 20.2 Å². The van der Waals surface area contributed by atoms with Crippen molar-refractivity contribution in [3.8, 4) is 11.5 Å². The fourth-order valence-electron chi connectivity index (χ4n) is 2.75. The Morgan fingerprint density at radius 2 is 1.63 bits per heavy atom. The van der Waals surface area contributed by atoms with E-state index < -0.39 is 41.5 Å². The molecule has 11 nitrogen and oxygen atoms in total. The van der Waals surface area contributed by atoms with Gasteiger partial charge < -0.3 is 15.6 Å². The molecule has 13 heteroatoms. The van der Waals surface area contributed by atoms with Crippen LogP contribution in [0.3, 0.4) is 0 Å². The zero-order valence-electron chi connectivity index (χ0n) is 15.2. The lowest BCUT2D eigenvalue weighted by molar-refractivity contribution is 0.416. The van der Waals surface area contributed by atoms with Crippen molar-refractivity contribution in [2.45, 2.75) is 9.79 Å². The molecular weight excluding hydrogens is 438 g/mol. The van der Waals surface area contributed by atoms with Gasteiger partial charge in [-0.2, -0.15) is 16.8 Å². The Labute approximate surface area is 170 Å². The van der Waals surface area contributed by atoms with Crippen molar-refractivity contribution in [3.63, 3.8) is 0 Å². The summed E-state index contributed by atoms with van der Waals surface area (Å²) in [7, 11) is -8.21. The predicted molar refractivity (Wildman–Crippen MR) is 107 cm³/mol. The first-order valence-electron chi connectivity index (χ1n) is 8.02. The van der Waals surface area contributed by atoms with Crippen LogP contribution in [0, 0.1) is 0 Å². The number of anilines is 1. The third-order valence-electron chi connectivity index (χ3n) is 4.07. The van der Waals surface area contributed by atoms with E-state index in [-0.39, 0.29) is 22.1 Å². The first kappa shape index (κ1) is 21.4. The van der Waals surface area contributed by atoms with Crippen LogP contribution >= 0.6 is 0 Å². The van der Waals surface area contributed by atoms with Crippen LogP contribution in [0.5, 0.6) is 11.5 Å². The van der Waals surface area contributed by atoms with Gasteiger partial charge in [0, 0.05) is 11.1 Å². The van der Waals surface area contributed by atoms with Gasteiger partial charge in [0.2, 0.25) is 0 Å². The largest absolute Gasteiger partial charge is 0.505 e. The van der Waals surface area contributed by atoms with Crippen molar-refractivity contribution in [2.24, 2.45) is 10.2 Å². The van der Waals surface area contributed by atoms with Gasteiger partial charge in [0.05, 0.1) is 12.0 Å². The number of nitrogens with two attached hydrogens (primary N) is 1. The number of ether oxygens (including phenoxy) is 1. The smallest absolute Gasteiger partial charge is 0.296 e. The number of fused-ring (bicyclic) bond motifs is 1. The van der Waals surface area contributed by atoms with E-state index in [0.29, 0.717) is 5.75 Å². The molecule has 0 aliphatic heterocycles. The Balaban J connectivity index is 2.34. The topological polar surface area (TPSA) is 189 Å². The molecule has 0 aliphatic carbocycles. The van der Waals surface area contributed by atoms with Crippen molar-refractivity contribution < 1.29 is 35.8 Å². The van der Waals surface area contributed by atoms with Crippen LogP contribution < -0.4 is 10.5 Å². The Bertz CT molecular complexity index is 1400. The van der Waals surface area contributed by atoms with Crippen molar-refractivity contribution in [1.82, 2.24) is 0 Å². The van der Waals surface area contributed by atoms with Crippen molar-refractivity contribution in [3.05, 3.63) is 42.5 Å². The van der Waals surface area contributed by atoms with Crippen LogP contribution in [0.15, 0.2) is 62.5 Å². The molecule has 5 N–H and O–H groups in total. The summed E-state index contributed by atoms with van der Waals surface area (Å²) in [6, 6.07) is 9.00. The van der Waals surface area contributed by atoms with E-state index in [0.717, 1.165) is 18.2 Å². The van der Waals surface area contributed by atoms with E-state index in [1.807, 2.05) is 0 Å². The second-order valence-corrected chi connectivity index (χ2v) is 8.82. The molecule has 0 atom stereocenters. The minimum Gasteiger partial charge on any atom is -0.505 e. The van der Waals surface area contributed by atoms with Gasteiger partial charge >= 0.3 is 0 Å². The molecule has 0 saturated heterocycles. The average Bonchev–Trinajstić information content (AvgIpc) is 2.65. The molecule has 3 aromatic rings. The van der Waals surface area contributed by atoms with Crippen molar-refractivity contribution >= 4 is 48.1 Å². The van der Waals surface area contributed by atoms with Gasteiger partial charge in [-0.05, 0) is 35.7 Å². The molecule has 0 fully saturated rings. The number of phenolic OH excluding ortho intramolecular Hbond substituents is 1. The molecule has 3 rings (SSSR count). The number of para-hydroxylation sites is 1. The van der Waals surface area contributed by atoms with Gasteiger partial charge in [-0.25, -0.2) is 0 Å². The van der Waals surface area contributed by atoms with Gasteiger partial charge in [-0.3, -0.25) is 9.11 Å². The quantitative estimate of drug-likeness (QED) is 0.255. The number of methoxy groups -OCH3 is 1. The maximum Gasteiger partial charge on any atom is 0.296 e. The van der Waals surface area contributed by atoms with E-state index in [9.17, 15) is 31.0 Å². The Morgan fingerprint density at radius 1 is 0.967 bits per heavy atom. The Morgan fingerprint density at radius 3 is 2.23 bits per heavy atom. The molecule has 0 saturated carbocycles. The fraction of sp³-hybridized carbons (Fsp3) is 0.0588. The summed E-state index contributed by atoms with van der Waals surface area (Å²) in [4.78, 5) is -1.48. The summed E-state index contributed by atoms with van der Waals surface area (Å²) in [6.45, 7) is 0. The molecule has 0 aromatic heterocycles. The lowest BCUT2D eigenvalue weighted by atomic mass is 10.1. The third kappa shape index (κ3) is 4.04. The first-order valence-corrected chi connectivity index (χ1v) is 10.9. The number of phenols is 1. The summed E-state index contributed by atoms with van der Waals surface area (Å²) in [5.74, 6) is -0.453. The number of aromatic hydroxyl groups is 1. The fourth-order valence-corrected chi connectivity index (χ4v) is 3.96. The van der Waals surface area contributed by atoms with E-state index in [4.69, 9.17) is 10.5 Å². The molecule has 0 spiro atoms. The van der Waals surface area contributed by atoms with E-state index >= 15 is 0 Å². The minimum atomic E-state index is -4.93. The van der Waals surface area contributed by atoms with Gasteiger partial charge in [0.15, 0.2) is 5.75 Å². The zero-order valence-corrected chi connectivity index (χ0v) is 16.8. The predicted octanol–water partition coefficient (Wildman–Crippen LogP) is 3.05. The highest BCUT2D eigenvalue weighted by Crippen LogP contribution is 2.44. The molecule has 0 heterocycles. The summed E-state index contributed by atoms with van der Waals surface area (Å²) in [5, 5.41) is 17.9. The second-order valence-electron chi connectivity index (χ2n) is 6.00. The van der Waals surface area contributed by atoms with Gasteiger partial charge in [-0.15, -0.1) is 10.2 Å². The van der Waals surface area contributed by atoms with E-state index in [2.05, 4.69) is 10.2 Å². The number of hydrogen-bond acceptors (Lipinski definition) is 9. The maximum atomic E-state index is 11.9. The standard InChI is InChI=1S/C17H15N3O8S2/c1-28-13-5-3-2-4-12(13)19-20-16-14(30(25,26)27)7-9-6-10(29(22,23)24)8-11(18)15(9)17(16)21/h2-8,21H,18H2,1H3,(H,22,23,24)(H,25,26,27). The minimum absolute atomic E-state index is 0.149. The van der Waals surface area contributed by atoms with Crippen molar-refractivity contribution in [2.75, 3.05) is 12.8 Å². The molecule has 158 valence electrons. The van der Waals surface area contributed by atoms with E-state index in [1.54, 1.807) is 18.2 Å². The van der Waals surface area contributed by atoms with Gasteiger partial charge in [0.1, 0.15) is 22.0 Å². The van der Waals surface area contributed by atoms with Crippen LogP contribution in [0.4, 0.5) is 17.1 Å². The Hall–Kier alpha value is -3.26. The number of benzene rings is 3. The van der Waals surface area contributed by atoms with Crippen LogP contribution in [-0.4, -0.2) is 38.2 Å². The lowest BCUT2D eigenvalue weighted by Gasteiger charge is -2.12. The summed E-state index contributed by atoms with van der Waals surface area (Å²) in [6.07, 6.45) is 0. The summed E-state index contributed by atoms with van der Waals surface area (Å²) >= 11 is 0. The number of rotatable bonds is 5. The monoisotopic (exact) mass is 453 g/mol. The highest BCUT2D eigenvalue weighted by molar-refractivity contribution is 7.86. The number of hydrogen-bond donors (Lipinski definition) is 4. The molecule has 0 amide bonds. The molecule has 0 bridgehead atoms. The summed E-state index contributed by atoms with van der Waals surface area (Å²) in [5.41, 5.74) is 5.09. The molecule has 0 aliphatic rings. The average molecular weight is 453 g/mol. The molecule has 30 heavy (non-hydrogen) atoms. The second kappa shape index (κ2) is 7.53. The molecule has 0 radical (unpaired) electrons. The van der Waals surface area contributed by atoms with Crippen LogP contribution in [0.25, 0.3) is 10.8 Å². The Kier molecular flexibility index (Phi) is 5.38. The third-order valence-corrected chi connectivity index (χ3v) is 5.77. The SMILES string of the molecule is COc1ccccc1N=Nc1c(S(=O)(=O)O)cc2cc(S(=O)(=O)O)cc(N)c2c1O. The number of azo groups is 1.